The van der Waals surface area contributed by atoms with E-state index in [4.69, 9.17) is 11.6 Å². The highest BCUT2D eigenvalue weighted by Gasteiger charge is 2.16. The fraction of sp³-hybridized carbons (Fsp3) is 0.435. The van der Waals surface area contributed by atoms with Crippen LogP contribution >= 0.6 is 23.4 Å². The van der Waals surface area contributed by atoms with Crippen molar-refractivity contribution in [2.24, 2.45) is 5.92 Å². The molecule has 0 spiro atoms. The number of amides is 1. The zero-order chi connectivity index (χ0) is 19.8. The lowest BCUT2D eigenvalue weighted by molar-refractivity contribution is 0.0956. The highest BCUT2D eigenvalue weighted by molar-refractivity contribution is 7.98. The number of nitrogens with zero attached hydrogens (tertiary/aromatic N) is 1. The maximum atomic E-state index is 12.3. The zero-order valence-electron chi connectivity index (χ0n) is 16.5. The van der Waals surface area contributed by atoms with Gasteiger partial charge in [0.05, 0.1) is 0 Å². The summed E-state index contributed by atoms with van der Waals surface area (Å²) >= 11 is 7.79. The first-order valence-electron chi connectivity index (χ1n) is 10.0. The second kappa shape index (κ2) is 10.9. The third-order valence-electron chi connectivity index (χ3n) is 5.05. The smallest absolute Gasteiger partial charge is 0.251 e. The van der Waals surface area contributed by atoms with Gasteiger partial charge >= 0.3 is 0 Å². The average molecular weight is 417 g/mol. The Morgan fingerprint density at radius 2 is 2.04 bits per heavy atom. The summed E-state index contributed by atoms with van der Waals surface area (Å²) in [6.45, 7) is 6.32. The summed E-state index contributed by atoms with van der Waals surface area (Å²) in [4.78, 5) is 14.8. The molecule has 0 bridgehead atoms. The number of carbonyl (C=O) groups excluding carboxylic acids is 1. The van der Waals surface area contributed by atoms with Crippen molar-refractivity contribution in [1.29, 1.82) is 0 Å². The van der Waals surface area contributed by atoms with Crippen LogP contribution in [0.1, 0.15) is 41.3 Å². The molecule has 2 aromatic carbocycles. The third-order valence-corrected chi connectivity index (χ3v) is 6.32. The van der Waals surface area contributed by atoms with Crippen molar-refractivity contribution in [2.75, 3.05) is 25.4 Å². The highest BCUT2D eigenvalue weighted by Crippen LogP contribution is 2.18. The molecule has 2 aromatic rings. The maximum Gasteiger partial charge on any atom is 0.251 e. The van der Waals surface area contributed by atoms with E-state index in [1.165, 1.54) is 37.1 Å². The van der Waals surface area contributed by atoms with Gasteiger partial charge in [-0.3, -0.25) is 9.69 Å². The Bertz CT molecular complexity index is 765. The van der Waals surface area contributed by atoms with Gasteiger partial charge in [-0.1, -0.05) is 42.8 Å². The fourth-order valence-corrected chi connectivity index (χ4v) is 4.62. The summed E-state index contributed by atoms with van der Waals surface area (Å²) in [5.74, 6) is 2.57. The molecule has 150 valence electrons. The predicted octanol–water partition coefficient (Wildman–Crippen LogP) is 5.24. The molecule has 28 heavy (non-hydrogen) atoms. The van der Waals surface area contributed by atoms with E-state index < -0.39 is 0 Å². The Hall–Kier alpha value is -1.49. The number of likely N-dealkylation sites (tertiary alicyclic amines) is 1. The molecule has 0 aromatic heterocycles. The van der Waals surface area contributed by atoms with Crippen LogP contribution in [-0.4, -0.2) is 36.2 Å². The van der Waals surface area contributed by atoms with Gasteiger partial charge in [-0.05, 0) is 60.7 Å². The van der Waals surface area contributed by atoms with E-state index in [9.17, 15) is 4.79 Å². The van der Waals surface area contributed by atoms with Crippen molar-refractivity contribution in [3.63, 3.8) is 0 Å². The van der Waals surface area contributed by atoms with E-state index >= 15 is 0 Å². The largest absolute Gasteiger partial charge is 0.351 e. The van der Waals surface area contributed by atoms with E-state index in [0.717, 1.165) is 34.6 Å². The molecule has 0 radical (unpaired) electrons. The first-order chi connectivity index (χ1) is 13.6. The first-order valence-corrected chi connectivity index (χ1v) is 11.5. The Labute approximate surface area is 177 Å². The van der Waals surface area contributed by atoms with Crippen LogP contribution in [0.25, 0.3) is 0 Å². The molecule has 1 amide bonds. The van der Waals surface area contributed by atoms with Crippen LogP contribution in [0.5, 0.6) is 0 Å². The first kappa shape index (κ1) is 21.2. The molecule has 1 saturated heterocycles. The van der Waals surface area contributed by atoms with E-state index in [1.807, 2.05) is 30.3 Å². The van der Waals surface area contributed by atoms with Crippen LogP contribution in [0.3, 0.4) is 0 Å². The number of halogens is 1. The van der Waals surface area contributed by atoms with Crippen LogP contribution in [0.15, 0.2) is 48.5 Å². The minimum atomic E-state index is 0.00139. The summed E-state index contributed by atoms with van der Waals surface area (Å²) in [7, 11) is 0. The molecule has 1 heterocycles. The zero-order valence-corrected chi connectivity index (χ0v) is 18.1. The number of carbonyl (C=O) groups is 1. The van der Waals surface area contributed by atoms with Crippen LogP contribution < -0.4 is 5.32 Å². The van der Waals surface area contributed by atoms with Crippen molar-refractivity contribution in [2.45, 2.75) is 32.1 Å². The van der Waals surface area contributed by atoms with Crippen molar-refractivity contribution in [1.82, 2.24) is 10.2 Å². The van der Waals surface area contributed by atoms with E-state index in [2.05, 4.69) is 35.3 Å². The lowest BCUT2D eigenvalue weighted by Crippen LogP contribution is -2.33. The minimum Gasteiger partial charge on any atom is -0.351 e. The molecule has 0 saturated carbocycles. The summed E-state index contributed by atoms with van der Waals surface area (Å²) < 4.78 is 0. The summed E-state index contributed by atoms with van der Waals surface area (Å²) in [6, 6.07) is 16.0. The molecule has 1 N–H and O–H groups in total. The Kier molecular flexibility index (Phi) is 8.26. The Morgan fingerprint density at radius 3 is 2.79 bits per heavy atom. The lowest BCUT2D eigenvalue weighted by atomic mass is 9.99. The molecule has 0 aliphatic carbocycles. The summed E-state index contributed by atoms with van der Waals surface area (Å²) in [5.41, 5.74) is 3.22. The van der Waals surface area contributed by atoms with Crippen LogP contribution in [0, 0.1) is 5.92 Å². The molecule has 3 nitrogen and oxygen atoms in total. The normalized spacial score (nSPS) is 17.4. The number of piperidine rings is 1. The van der Waals surface area contributed by atoms with Crippen LogP contribution in [0.4, 0.5) is 0 Å². The predicted molar refractivity (Wildman–Crippen MR) is 120 cm³/mol. The van der Waals surface area contributed by atoms with Gasteiger partial charge in [-0.25, -0.2) is 0 Å². The minimum absolute atomic E-state index is 0.00139. The number of hydrogen-bond donors (Lipinski definition) is 1. The van der Waals surface area contributed by atoms with Crippen LogP contribution in [-0.2, 0) is 12.3 Å². The maximum absolute atomic E-state index is 12.3. The van der Waals surface area contributed by atoms with Gasteiger partial charge in [0, 0.05) is 41.7 Å². The number of nitrogens with one attached hydrogen (secondary N) is 1. The molecule has 1 aliphatic rings. The fourth-order valence-electron chi connectivity index (χ4n) is 3.61. The summed E-state index contributed by atoms with van der Waals surface area (Å²) in [6.07, 6.45) is 2.63. The standard InChI is InChI=1S/C23H29ClN2OS/c1-18-4-3-12-26(15-18)16-19-7-9-21(10-8-19)23(27)25-11-13-28-17-20-5-2-6-22(24)14-20/h2,5-10,14,18H,3-4,11-13,15-17H2,1H3,(H,25,27). The quantitative estimate of drug-likeness (QED) is 0.597. The van der Waals surface area contributed by atoms with Crippen molar-refractivity contribution in [3.8, 4) is 0 Å². The third kappa shape index (κ3) is 6.84. The monoisotopic (exact) mass is 416 g/mol. The lowest BCUT2D eigenvalue weighted by Gasteiger charge is -2.30. The Morgan fingerprint density at radius 1 is 1.21 bits per heavy atom. The van der Waals surface area contributed by atoms with Gasteiger partial charge in [0.1, 0.15) is 0 Å². The average Bonchev–Trinajstić information content (AvgIpc) is 2.68. The number of benzene rings is 2. The molecule has 3 rings (SSSR count). The molecule has 1 fully saturated rings. The molecular weight excluding hydrogens is 388 g/mol. The SMILES string of the molecule is CC1CCCN(Cc2ccc(C(=O)NCCSCc3cccc(Cl)c3)cc2)C1. The van der Waals surface area contributed by atoms with E-state index in [-0.39, 0.29) is 5.91 Å². The van der Waals surface area contributed by atoms with Gasteiger partial charge in [0.15, 0.2) is 0 Å². The van der Waals surface area contributed by atoms with Crippen molar-refractivity contribution in [3.05, 3.63) is 70.2 Å². The van der Waals surface area contributed by atoms with Gasteiger partial charge in [0.25, 0.3) is 5.91 Å². The highest BCUT2D eigenvalue weighted by atomic mass is 35.5. The molecule has 5 heteroatoms. The van der Waals surface area contributed by atoms with Gasteiger partial charge in [0.2, 0.25) is 0 Å². The molecular formula is C23H29ClN2OS. The van der Waals surface area contributed by atoms with Gasteiger partial charge < -0.3 is 5.32 Å². The number of hydrogen-bond acceptors (Lipinski definition) is 3. The second-order valence-corrected chi connectivity index (χ2v) is 9.16. The van der Waals surface area contributed by atoms with Crippen LogP contribution in [0.2, 0.25) is 5.02 Å². The number of thioether (sulfide) groups is 1. The molecule has 1 unspecified atom stereocenters. The van der Waals surface area contributed by atoms with E-state index in [0.29, 0.717) is 6.54 Å². The second-order valence-electron chi connectivity index (χ2n) is 7.62. The molecule has 1 atom stereocenters. The summed E-state index contributed by atoms with van der Waals surface area (Å²) in [5, 5.41) is 3.78. The van der Waals surface area contributed by atoms with Gasteiger partial charge in [-0.2, -0.15) is 11.8 Å². The van der Waals surface area contributed by atoms with E-state index in [1.54, 1.807) is 11.8 Å². The van der Waals surface area contributed by atoms with Crippen molar-refractivity contribution < 1.29 is 4.79 Å². The topological polar surface area (TPSA) is 32.3 Å². The Balaban J connectivity index is 1.37. The van der Waals surface area contributed by atoms with Crippen molar-refractivity contribution >= 4 is 29.3 Å². The van der Waals surface area contributed by atoms with Gasteiger partial charge in [-0.15, -0.1) is 0 Å². The number of rotatable bonds is 8. The molecule has 1 aliphatic heterocycles.